The highest BCUT2D eigenvalue weighted by molar-refractivity contribution is 5.85. The second kappa shape index (κ2) is 7.84. The highest BCUT2D eigenvalue weighted by atomic mass is 16.3. The summed E-state index contributed by atoms with van der Waals surface area (Å²) in [4.78, 5) is 32.1. The van der Waals surface area contributed by atoms with Gasteiger partial charge in [-0.3, -0.25) is 24.6 Å². The summed E-state index contributed by atoms with van der Waals surface area (Å²) in [6, 6.07) is 0. The Hall–Kier alpha value is -1.53. The molecule has 0 heterocycles. The summed E-state index contributed by atoms with van der Waals surface area (Å²) in [6.45, 7) is 0.224. The molecule has 15 heavy (non-hydrogen) atoms. The number of amides is 2. The maximum absolute atomic E-state index is 11.1. The van der Waals surface area contributed by atoms with Crippen LogP contribution in [0, 0.1) is 0 Å². The molecule has 0 rings (SSSR count). The average molecular weight is 214 g/mol. The Morgan fingerprint density at radius 3 is 2.73 bits per heavy atom. The Bertz CT molecular complexity index is 252. The second-order valence-corrected chi connectivity index (χ2v) is 2.78. The maximum atomic E-state index is 11.1. The van der Waals surface area contributed by atoms with Crippen LogP contribution < -0.4 is 5.32 Å². The third-order valence-electron chi connectivity index (χ3n) is 1.62. The van der Waals surface area contributed by atoms with E-state index in [1.54, 1.807) is 0 Å². The number of rotatable bonds is 7. The molecular weight excluding hydrogens is 200 g/mol. The molecule has 1 atom stereocenters. The first-order valence-electron chi connectivity index (χ1n) is 4.36. The molecule has 0 saturated carbocycles. The van der Waals surface area contributed by atoms with E-state index in [1.807, 2.05) is 0 Å². The summed E-state index contributed by atoms with van der Waals surface area (Å²) < 4.78 is 0. The number of aliphatic hydroxyl groups is 1. The molecule has 6 heteroatoms. The van der Waals surface area contributed by atoms with Crippen molar-refractivity contribution in [3.63, 3.8) is 0 Å². The van der Waals surface area contributed by atoms with E-state index in [0.29, 0.717) is 12.7 Å². The molecule has 2 amide bonds. The van der Waals surface area contributed by atoms with Gasteiger partial charge in [-0.05, 0) is 12.2 Å². The molecule has 0 aliphatic rings. The first-order valence-corrected chi connectivity index (χ1v) is 4.36. The lowest BCUT2D eigenvalue weighted by Crippen LogP contribution is -2.32. The molecule has 2 N–H and O–H groups in total. The van der Waals surface area contributed by atoms with Gasteiger partial charge in [-0.25, -0.2) is 0 Å². The molecule has 0 fully saturated rings. The zero-order chi connectivity index (χ0) is 11.7. The van der Waals surface area contributed by atoms with Gasteiger partial charge in [-0.15, -0.1) is 0 Å². The van der Waals surface area contributed by atoms with Gasteiger partial charge in [0.1, 0.15) is 12.5 Å². The number of nitrogens with zero attached hydrogens (tertiary/aromatic N) is 1. The molecule has 0 aromatic rings. The van der Waals surface area contributed by atoms with E-state index in [2.05, 4.69) is 5.32 Å². The maximum Gasteiger partial charge on any atom is 0.229 e. The summed E-state index contributed by atoms with van der Waals surface area (Å²) >= 11 is 0. The number of hydrogen-bond donors (Lipinski definition) is 2. The fraction of sp³-hybridized carbons (Fsp3) is 0.444. The molecule has 1 unspecified atom stereocenters. The number of imide groups is 1. The van der Waals surface area contributed by atoms with Crippen molar-refractivity contribution in [2.24, 2.45) is 0 Å². The first kappa shape index (κ1) is 13.5. The quantitative estimate of drug-likeness (QED) is 0.311. The summed E-state index contributed by atoms with van der Waals surface area (Å²) in [7, 11) is 1.36. The topological polar surface area (TPSA) is 86.7 Å². The Morgan fingerprint density at radius 2 is 2.20 bits per heavy atom. The van der Waals surface area contributed by atoms with Crippen LogP contribution >= 0.6 is 0 Å². The van der Waals surface area contributed by atoms with Crippen LogP contribution in [0.15, 0.2) is 12.2 Å². The van der Waals surface area contributed by atoms with Crippen LogP contribution in [0.4, 0.5) is 0 Å². The van der Waals surface area contributed by atoms with E-state index in [0.717, 1.165) is 11.0 Å². The van der Waals surface area contributed by atoms with E-state index in [-0.39, 0.29) is 18.9 Å². The largest absolute Gasteiger partial charge is 0.375 e. The van der Waals surface area contributed by atoms with Crippen LogP contribution in [0.1, 0.15) is 6.42 Å². The zero-order valence-corrected chi connectivity index (χ0v) is 8.42. The fourth-order valence-electron chi connectivity index (χ4n) is 0.781. The van der Waals surface area contributed by atoms with Crippen molar-refractivity contribution < 1.29 is 19.5 Å². The van der Waals surface area contributed by atoms with Crippen LogP contribution in [-0.2, 0) is 14.4 Å². The van der Waals surface area contributed by atoms with Crippen molar-refractivity contribution in [2.75, 3.05) is 13.6 Å². The van der Waals surface area contributed by atoms with Gasteiger partial charge < -0.3 is 5.11 Å². The Balaban J connectivity index is 3.69. The number of nitrogens with one attached hydrogen (secondary N) is 1. The highest BCUT2D eigenvalue weighted by Gasteiger charge is 2.06. The summed E-state index contributed by atoms with van der Waals surface area (Å²) in [5.41, 5.74) is 0. The summed E-state index contributed by atoms with van der Waals surface area (Å²) in [5.74, 6) is -0.343. The van der Waals surface area contributed by atoms with Crippen molar-refractivity contribution in [3.05, 3.63) is 12.2 Å². The second-order valence-electron chi connectivity index (χ2n) is 2.78. The molecule has 0 aliphatic heterocycles. The standard InChI is InChI=1S/C9H14N2O4/c1-11(7-13)9(15)4-5-10-8(14)3-2-6-12/h2-3,6-8,10,14H,4-5H2,1H3/b3-2-. The number of hydrogen-bond acceptors (Lipinski definition) is 5. The van der Waals surface area contributed by atoms with Crippen molar-refractivity contribution in [2.45, 2.75) is 12.6 Å². The fourth-order valence-corrected chi connectivity index (χ4v) is 0.781. The molecule has 0 aromatic carbocycles. The van der Waals surface area contributed by atoms with Crippen molar-refractivity contribution in [1.29, 1.82) is 0 Å². The van der Waals surface area contributed by atoms with Crippen molar-refractivity contribution in [3.8, 4) is 0 Å². The minimum absolute atomic E-state index is 0.0984. The molecule has 0 bridgehead atoms. The minimum atomic E-state index is -0.968. The molecule has 84 valence electrons. The number of aldehydes is 1. The van der Waals surface area contributed by atoms with Crippen molar-refractivity contribution in [1.82, 2.24) is 10.2 Å². The normalized spacial score (nSPS) is 12.4. The predicted molar refractivity (Wildman–Crippen MR) is 52.7 cm³/mol. The predicted octanol–water partition coefficient (Wildman–Crippen LogP) is -1.35. The number of aliphatic hydroxyl groups excluding tert-OH is 1. The summed E-state index contributed by atoms with van der Waals surface area (Å²) in [5, 5.41) is 11.7. The minimum Gasteiger partial charge on any atom is -0.375 e. The van der Waals surface area contributed by atoms with Crippen molar-refractivity contribution >= 4 is 18.6 Å². The number of carbonyl (C=O) groups is 3. The van der Waals surface area contributed by atoms with Crippen LogP contribution in [0.5, 0.6) is 0 Å². The van der Waals surface area contributed by atoms with Crippen LogP contribution in [0.2, 0.25) is 0 Å². The molecule has 0 aromatic heterocycles. The van der Waals surface area contributed by atoms with Crippen LogP contribution in [0.3, 0.4) is 0 Å². The van der Waals surface area contributed by atoms with Gasteiger partial charge in [0.05, 0.1) is 0 Å². The molecule has 0 spiro atoms. The van der Waals surface area contributed by atoms with E-state index in [9.17, 15) is 14.4 Å². The monoisotopic (exact) mass is 214 g/mol. The van der Waals surface area contributed by atoms with Crippen LogP contribution in [0.25, 0.3) is 0 Å². The Labute approximate surface area is 87.6 Å². The lowest BCUT2D eigenvalue weighted by molar-refractivity contribution is -0.136. The van der Waals surface area contributed by atoms with E-state index in [1.165, 1.54) is 13.1 Å². The van der Waals surface area contributed by atoms with E-state index >= 15 is 0 Å². The molecule has 0 radical (unpaired) electrons. The zero-order valence-electron chi connectivity index (χ0n) is 8.42. The van der Waals surface area contributed by atoms with Gasteiger partial charge in [0.15, 0.2) is 0 Å². The van der Waals surface area contributed by atoms with Gasteiger partial charge in [0.2, 0.25) is 12.3 Å². The van der Waals surface area contributed by atoms with Gasteiger partial charge >= 0.3 is 0 Å². The number of carbonyl (C=O) groups excluding carboxylic acids is 3. The van der Waals surface area contributed by atoms with Gasteiger partial charge in [-0.2, -0.15) is 0 Å². The molecule has 0 saturated heterocycles. The first-order chi connectivity index (χ1) is 7.11. The van der Waals surface area contributed by atoms with Gasteiger partial charge in [-0.1, -0.05) is 0 Å². The third-order valence-corrected chi connectivity index (χ3v) is 1.62. The van der Waals surface area contributed by atoms with Gasteiger partial charge in [0, 0.05) is 20.0 Å². The van der Waals surface area contributed by atoms with E-state index in [4.69, 9.17) is 5.11 Å². The SMILES string of the molecule is CN(C=O)C(=O)CCNC(O)/C=C\C=O. The number of allylic oxidation sites excluding steroid dienone is 1. The molecule has 6 nitrogen and oxygen atoms in total. The smallest absolute Gasteiger partial charge is 0.229 e. The Morgan fingerprint density at radius 1 is 1.53 bits per heavy atom. The lowest BCUT2D eigenvalue weighted by Gasteiger charge is -2.10. The van der Waals surface area contributed by atoms with Gasteiger partial charge in [0.25, 0.3) is 0 Å². The third kappa shape index (κ3) is 6.53. The van der Waals surface area contributed by atoms with E-state index < -0.39 is 6.23 Å². The average Bonchev–Trinajstić information content (AvgIpc) is 2.24. The van der Waals surface area contributed by atoms with Crippen LogP contribution in [-0.4, -0.2) is 48.4 Å². The molecular formula is C9H14N2O4. The summed E-state index contributed by atoms with van der Waals surface area (Å²) in [6.07, 6.45) is 2.49. The highest BCUT2D eigenvalue weighted by Crippen LogP contribution is 1.87. The Kier molecular flexibility index (Phi) is 7.04. The molecule has 0 aliphatic carbocycles. The lowest BCUT2D eigenvalue weighted by atomic mass is 10.3.